The van der Waals surface area contributed by atoms with Crippen LogP contribution in [0.2, 0.25) is 0 Å². The van der Waals surface area contributed by atoms with E-state index in [-0.39, 0.29) is 12.5 Å². The molecule has 1 aromatic carbocycles. The highest BCUT2D eigenvalue weighted by molar-refractivity contribution is 5.66. The molecular weight excluding hydrogens is 218 g/mol. The molecule has 0 spiro atoms. The molecule has 0 aliphatic rings. The Morgan fingerprint density at radius 3 is 2.65 bits per heavy atom. The van der Waals surface area contributed by atoms with E-state index < -0.39 is 5.97 Å². The van der Waals surface area contributed by atoms with Gasteiger partial charge in [0.25, 0.3) is 0 Å². The number of aryl methyl sites for hydroxylation is 1. The number of ether oxygens (including phenoxy) is 1. The van der Waals surface area contributed by atoms with E-state index in [0.717, 1.165) is 22.4 Å². The van der Waals surface area contributed by atoms with Gasteiger partial charge < -0.3 is 15.6 Å². The van der Waals surface area contributed by atoms with Gasteiger partial charge in [0.05, 0.1) is 7.11 Å². The molecule has 4 nitrogen and oxygen atoms in total. The predicted octanol–water partition coefficient (Wildman–Crippen LogP) is 2.18. The van der Waals surface area contributed by atoms with Crippen LogP contribution in [0.3, 0.4) is 0 Å². The molecule has 1 atom stereocenters. The van der Waals surface area contributed by atoms with Crippen molar-refractivity contribution in [3.63, 3.8) is 0 Å². The first-order valence-corrected chi connectivity index (χ1v) is 5.58. The maximum absolute atomic E-state index is 10.5. The second kappa shape index (κ2) is 5.68. The Hall–Kier alpha value is -1.55. The Bertz CT molecular complexity index is 415. The molecule has 4 heteroatoms. The minimum absolute atomic E-state index is 0.0667. The molecule has 0 aliphatic heterocycles. The molecule has 17 heavy (non-hydrogen) atoms. The Balaban J connectivity index is 2.97. The highest BCUT2D eigenvalue weighted by atomic mass is 16.5. The van der Waals surface area contributed by atoms with Crippen molar-refractivity contribution in [1.82, 2.24) is 0 Å². The summed E-state index contributed by atoms with van der Waals surface area (Å²) in [5, 5.41) is 8.65. The summed E-state index contributed by atoms with van der Waals surface area (Å²) in [6.07, 6.45) is 0.478. The van der Waals surface area contributed by atoms with E-state index in [2.05, 4.69) is 0 Å². The number of rotatable bonds is 5. The average molecular weight is 237 g/mol. The van der Waals surface area contributed by atoms with Crippen molar-refractivity contribution in [3.8, 4) is 5.75 Å². The predicted molar refractivity (Wildman–Crippen MR) is 66.3 cm³/mol. The lowest BCUT2D eigenvalue weighted by molar-refractivity contribution is -0.137. The summed E-state index contributed by atoms with van der Waals surface area (Å²) in [5.74, 6) is -0.0638. The molecule has 0 fully saturated rings. The van der Waals surface area contributed by atoms with Gasteiger partial charge in [0.2, 0.25) is 0 Å². The molecular formula is C13H19NO3. The molecule has 0 bridgehead atoms. The lowest BCUT2D eigenvalue weighted by atomic mass is 9.97. The molecule has 0 amide bonds. The van der Waals surface area contributed by atoms with Gasteiger partial charge in [-0.3, -0.25) is 4.79 Å². The number of carbonyl (C=O) groups is 1. The number of aliphatic carboxylic acids is 1. The average Bonchev–Trinajstić information content (AvgIpc) is 2.29. The third-order valence-electron chi connectivity index (χ3n) is 2.98. The van der Waals surface area contributed by atoms with Crippen LogP contribution in [0.1, 0.15) is 35.6 Å². The van der Waals surface area contributed by atoms with Crippen molar-refractivity contribution >= 4 is 5.97 Å². The molecule has 94 valence electrons. The summed E-state index contributed by atoms with van der Waals surface area (Å²) in [5.41, 5.74) is 9.05. The Morgan fingerprint density at radius 2 is 2.12 bits per heavy atom. The number of carboxylic acid groups (broad SMARTS) is 1. The molecule has 1 aromatic rings. The first-order chi connectivity index (χ1) is 7.97. The zero-order chi connectivity index (χ0) is 13.0. The van der Waals surface area contributed by atoms with E-state index in [9.17, 15) is 4.79 Å². The lowest BCUT2D eigenvalue weighted by Gasteiger charge is -2.18. The third kappa shape index (κ3) is 3.20. The molecule has 0 saturated carbocycles. The molecule has 0 radical (unpaired) electrons. The van der Waals surface area contributed by atoms with Crippen molar-refractivity contribution in [2.75, 3.05) is 7.11 Å². The highest BCUT2D eigenvalue weighted by Crippen LogP contribution is 2.31. The minimum Gasteiger partial charge on any atom is -0.496 e. The fourth-order valence-electron chi connectivity index (χ4n) is 1.81. The Labute approximate surface area is 101 Å². The zero-order valence-electron chi connectivity index (χ0n) is 10.5. The van der Waals surface area contributed by atoms with E-state index in [1.54, 1.807) is 7.11 Å². The fourth-order valence-corrected chi connectivity index (χ4v) is 1.81. The second-order valence-electron chi connectivity index (χ2n) is 4.17. The zero-order valence-corrected chi connectivity index (χ0v) is 10.5. The Kier molecular flexibility index (Phi) is 4.52. The standard InChI is InChI=1S/C13H19NO3/c1-8-4-5-10(13(17-3)9(8)2)11(14)6-7-12(15)16/h4-5,11H,6-7,14H2,1-3H3,(H,15,16). The van der Waals surface area contributed by atoms with Crippen LogP contribution in [0, 0.1) is 13.8 Å². The van der Waals surface area contributed by atoms with Crippen molar-refractivity contribution in [2.45, 2.75) is 32.7 Å². The summed E-state index contributed by atoms with van der Waals surface area (Å²) in [7, 11) is 1.61. The first-order valence-electron chi connectivity index (χ1n) is 5.58. The summed E-state index contributed by atoms with van der Waals surface area (Å²) < 4.78 is 5.36. The number of methoxy groups -OCH3 is 1. The van der Waals surface area contributed by atoms with Gasteiger partial charge in [0.15, 0.2) is 0 Å². The van der Waals surface area contributed by atoms with Gasteiger partial charge in [-0.05, 0) is 31.4 Å². The van der Waals surface area contributed by atoms with Crippen LogP contribution in [0.25, 0.3) is 0 Å². The first kappa shape index (κ1) is 13.5. The third-order valence-corrected chi connectivity index (χ3v) is 2.98. The fraction of sp³-hybridized carbons (Fsp3) is 0.462. The van der Waals surface area contributed by atoms with Crippen LogP contribution in [-0.2, 0) is 4.79 Å². The summed E-state index contributed by atoms with van der Waals surface area (Å²) >= 11 is 0. The highest BCUT2D eigenvalue weighted by Gasteiger charge is 2.15. The number of benzene rings is 1. The molecule has 0 saturated heterocycles. The number of carboxylic acids is 1. The molecule has 1 rings (SSSR count). The summed E-state index contributed by atoms with van der Waals surface area (Å²) in [6, 6.07) is 3.59. The summed E-state index contributed by atoms with van der Waals surface area (Å²) in [4.78, 5) is 10.5. The topological polar surface area (TPSA) is 72.5 Å². The molecule has 0 heterocycles. The number of nitrogens with two attached hydrogens (primary N) is 1. The van der Waals surface area contributed by atoms with Crippen LogP contribution in [0.5, 0.6) is 5.75 Å². The van der Waals surface area contributed by atoms with Crippen LogP contribution in [0.15, 0.2) is 12.1 Å². The maximum atomic E-state index is 10.5. The van der Waals surface area contributed by atoms with Gasteiger partial charge in [-0.1, -0.05) is 12.1 Å². The summed E-state index contributed by atoms with van der Waals surface area (Å²) in [6.45, 7) is 3.98. The minimum atomic E-state index is -0.830. The van der Waals surface area contributed by atoms with Gasteiger partial charge >= 0.3 is 5.97 Å². The second-order valence-corrected chi connectivity index (χ2v) is 4.17. The van der Waals surface area contributed by atoms with Gasteiger partial charge in [0, 0.05) is 18.0 Å². The van der Waals surface area contributed by atoms with Crippen LogP contribution in [-0.4, -0.2) is 18.2 Å². The van der Waals surface area contributed by atoms with Crippen molar-refractivity contribution in [2.24, 2.45) is 5.73 Å². The van der Waals surface area contributed by atoms with E-state index in [1.807, 2.05) is 26.0 Å². The molecule has 0 aliphatic carbocycles. The molecule has 3 N–H and O–H groups in total. The monoisotopic (exact) mass is 237 g/mol. The van der Waals surface area contributed by atoms with E-state index in [4.69, 9.17) is 15.6 Å². The van der Waals surface area contributed by atoms with E-state index >= 15 is 0 Å². The van der Waals surface area contributed by atoms with Crippen molar-refractivity contribution < 1.29 is 14.6 Å². The SMILES string of the molecule is COc1c(C(N)CCC(=O)O)ccc(C)c1C. The van der Waals surface area contributed by atoms with Crippen LogP contribution >= 0.6 is 0 Å². The van der Waals surface area contributed by atoms with Gasteiger partial charge in [-0.15, -0.1) is 0 Å². The lowest BCUT2D eigenvalue weighted by Crippen LogP contribution is -2.14. The van der Waals surface area contributed by atoms with Crippen molar-refractivity contribution in [3.05, 3.63) is 28.8 Å². The van der Waals surface area contributed by atoms with Crippen molar-refractivity contribution in [1.29, 1.82) is 0 Å². The van der Waals surface area contributed by atoms with Gasteiger partial charge in [0.1, 0.15) is 5.75 Å². The van der Waals surface area contributed by atoms with Crippen LogP contribution in [0.4, 0.5) is 0 Å². The maximum Gasteiger partial charge on any atom is 0.303 e. The van der Waals surface area contributed by atoms with E-state index in [1.165, 1.54) is 0 Å². The van der Waals surface area contributed by atoms with Crippen LogP contribution < -0.4 is 10.5 Å². The largest absolute Gasteiger partial charge is 0.496 e. The van der Waals surface area contributed by atoms with Gasteiger partial charge in [-0.25, -0.2) is 0 Å². The number of hydrogen-bond acceptors (Lipinski definition) is 3. The molecule has 1 unspecified atom stereocenters. The number of hydrogen-bond donors (Lipinski definition) is 2. The quantitative estimate of drug-likeness (QED) is 0.823. The normalized spacial score (nSPS) is 12.2. The smallest absolute Gasteiger partial charge is 0.303 e. The Morgan fingerprint density at radius 1 is 1.47 bits per heavy atom. The van der Waals surface area contributed by atoms with E-state index in [0.29, 0.717) is 6.42 Å². The molecule has 0 aromatic heterocycles. The van der Waals surface area contributed by atoms with Gasteiger partial charge in [-0.2, -0.15) is 0 Å².